The molecule has 1 aromatic rings. The quantitative estimate of drug-likeness (QED) is 0.586. The van der Waals surface area contributed by atoms with Gasteiger partial charge in [0.05, 0.1) is 17.4 Å². The zero-order chi connectivity index (χ0) is 12.5. The maximum atomic E-state index is 11.4. The van der Waals surface area contributed by atoms with E-state index in [2.05, 4.69) is 10.2 Å². The van der Waals surface area contributed by atoms with Gasteiger partial charge in [0.25, 0.3) is 0 Å². The topological polar surface area (TPSA) is 74.1 Å². The molecule has 8 heteroatoms. The van der Waals surface area contributed by atoms with Crippen molar-refractivity contribution in [1.29, 1.82) is 0 Å². The van der Waals surface area contributed by atoms with E-state index in [4.69, 9.17) is 4.74 Å². The van der Waals surface area contributed by atoms with E-state index in [1.165, 1.54) is 11.8 Å². The summed E-state index contributed by atoms with van der Waals surface area (Å²) in [6.45, 7) is 0. The summed E-state index contributed by atoms with van der Waals surface area (Å²) in [4.78, 5) is 0. The maximum absolute atomic E-state index is 11.4. The first-order chi connectivity index (χ1) is 8.03. The lowest BCUT2D eigenvalue weighted by atomic mass is 10.1. The van der Waals surface area contributed by atoms with Gasteiger partial charge in [-0.15, -0.1) is 10.2 Å². The average molecular weight is 277 g/mol. The Hall–Kier alpha value is -0.600. The molecule has 2 heterocycles. The number of hydrogen-bond acceptors (Lipinski definition) is 6. The SMILES string of the molecule is COCSc1nnc([C@H]2CCS(=O)(=O)C2)n1C. The van der Waals surface area contributed by atoms with Gasteiger partial charge in [-0.1, -0.05) is 11.8 Å². The monoisotopic (exact) mass is 277 g/mol. The second-order valence-corrected chi connectivity index (χ2v) is 7.17. The molecule has 0 aromatic carbocycles. The molecule has 0 bridgehead atoms. The molecule has 6 nitrogen and oxygen atoms in total. The number of nitrogens with zero attached hydrogens (tertiary/aromatic N) is 3. The van der Waals surface area contributed by atoms with Crippen molar-refractivity contribution < 1.29 is 13.2 Å². The predicted molar refractivity (Wildman–Crippen MR) is 64.7 cm³/mol. The van der Waals surface area contributed by atoms with E-state index in [1.807, 2.05) is 11.6 Å². The number of hydrogen-bond donors (Lipinski definition) is 0. The van der Waals surface area contributed by atoms with Crippen LogP contribution in [0.15, 0.2) is 5.16 Å². The van der Waals surface area contributed by atoms with Gasteiger partial charge in [-0.25, -0.2) is 8.42 Å². The van der Waals surface area contributed by atoms with Crippen LogP contribution in [0.1, 0.15) is 18.2 Å². The summed E-state index contributed by atoms with van der Waals surface area (Å²) in [7, 11) is 0.598. The van der Waals surface area contributed by atoms with E-state index in [9.17, 15) is 8.42 Å². The van der Waals surface area contributed by atoms with Crippen molar-refractivity contribution in [2.24, 2.45) is 7.05 Å². The van der Waals surface area contributed by atoms with Gasteiger partial charge in [0.1, 0.15) is 5.82 Å². The molecule has 0 radical (unpaired) electrons. The number of thioether (sulfide) groups is 1. The van der Waals surface area contributed by atoms with Crippen LogP contribution < -0.4 is 0 Å². The number of methoxy groups -OCH3 is 1. The highest BCUT2D eigenvalue weighted by atomic mass is 32.2. The van der Waals surface area contributed by atoms with E-state index in [0.29, 0.717) is 12.4 Å². The Labute approximate surface area is 105 Å². The molecule has 1 aliphatic rings. The maximum Gasteiger partial charge on any atom is 0.193 e. The lowest BCUT2D eigenvalue weighted by molar-refractivity contribution is 0.258. The number of rotatable bonds is 4. The van der Waals surface area contributed by atoms with Crippen molar-refractivity contribution in [3.63, 3.8) is 0 Å². The standard InChI is InChI=1S/C9H15N3O3S2/c1-12-8(7-3-4-17(13,14)5-7)10-11-9(12)16-6-15-2/h7H,3-6H2,1-2H3/t7-/m0/s1. The van der Waals surface area contributed by atoms with Crippen molar-refractivity contribution in [2.75, 3.05) is 24.6 Å². The number of ether oxygens (including phenoxy) is 1. The smallest absolute Gasteiger partial charge is 0.193 e. The van der Waals surface area contributed by atoms with Crippen molar-refractivity contribution in [3.05, 3.63) is 5.82 Å². The molecule has 0 saturated carbocycles. The van der Waals surface area contributed by atoms with Crippen molar-refractivity contribution in [1.82, 2.24) is 14.8 Å². The molecule has 0 N–H and O–H groups in total. The molecule has 1 aliphatic heterocycles. The highest BCUT2D eigenvalue weighted by Gasteiger charge is 2.32. The highest BCUT2D eigenvalue weighted by molar-refractivity contribution is 7.99. The summed E-state index contributed by atoms with van der Waals surface area (Å²) < 4.78 is 29.7. The Morgan fingerprint density at radius 2 is 2.29 bits per heavy atom. The first kappa shape index (κ1) is 12.8. The third-order valence-electron chi connectivity index (χ3n) is 2.77. The van der Waals surface area contributed by atoms with Gasteiger partial charge in [-0.05, 0) is 6.42 Å². The van der Waals surface area contributed by atoms with Crippen LogP contribution in [0, 0.1) is 0 Å². The van der Waals surface area contributed by atoms with Crippen molar-refractivity contribution in [2.45, 2.75) is 17.5 Å². The molecule has 0 amide bonds. The van der Waals surface area contributed by atoms with Crippen LogP contribution in [0.5, 0.6) is 0 Å². The lowest BCUT2D eigenvalue weighted by Crippen LogP contribution is -2.09. The summed E-state index contributed by atoms with van der Waals surface area (Å²) in [5.74, 6) is 1.69. The van der Waals surface area contributed by atoms with E-state index in [0.717, 1.165) is 11.0 Å². The zero-order valence-electron chi connectivity index (χ0n) is 9.79. The summed E-state index contributed by atoms with van der Waals surface area (Å²) >= 11 is 1.44. The Morgan fingerprint density at radius 3 is 2.88 bits per heavy atom. The summed E-state index contributed by atoms with van der Waals surface area (Å²) in [5, 5.41) is 8.89. The molecule has 0 unspecified atom stereocenters. The van der Waals surface area contributed by atoms with Gasteiger partial charge in [-0.2, -0.15) is 0 Å². The second-order valence-electron chi connectivity index (χ2n) is 4.05. The molecule has 96 valence electrons. The number of aromatic nitrogens is 3. The van der Waals surface area contributed by atoms with Crippen LogP contribution in [0.25, 0.3) is 0 Å². The molecule has 0 aliphatic carbocycles. The van der Waals surface area contributed by atoms with Crippen molar-refractivity contribution in [3.8, 4) is 0 Å². The largest absolute Gasteiger partial charge is 0.374 e. The van der Waals surface area contributed by atoms with Gasteiger partial charge < -0.3 is 9.30 Å². The van der Waals surface area contributed by atoms with Crippen LogP contribution in [0.2, 0.25) is 0 Å². The molecule has 1 fully saturated rings. The Kier molecular flexibility index (Phi) is 3.74. The minimum Gasteiger partial charge on any atom is -0.374 e. The summed E-state index contributed by atoms with van der Waals surface area (Å²) in [6, 6.07) is 0. The first-order valence-electron chi connectivity index (χ1n) is 5.25. The highest BCUT2D eigenvalue weighted by Crippen LogP contribution is 2.29. The predicted octanol–water partition coefficient (Wildman–Crippen LogP) is 0.413. The molecular formula is C9H15N3O3S2. The molecular weight excluding hydrogens is 262 g/mol. The van der Waals surface area contributed by atoms with Gasteiger partial charge in [-0.3, -0.25) is 0 Å². The van der Waals surface area contributed by atoms with Crippen LogP contribution >= 0.6 is 11.8 Å². The van der Waals surface area contributed by atoms with E-state index >= 15 is 0 Å². The van der Waals surface area contributed by atoms with Crippen LogP contribution in [0.3, 0.4) is 0 Å². The molecule has 1 saturated heterocycles. The van der Waals surface area contributed by atoms with E-state index in [1.54, 1.807) is 7.11 Å². The first-order valence-corrected chi connectivity index (χ1v) is 8.05. The minimum absolute atomic E-state index is 0.0191. The van der Waals surface area contributed by atoms with Crippen LogP contribution in [-0.2, 0) is 21.6 Å². The fourth-order valence-corrected chi connectivity index (χ4v) is 4.27. The summed E-state index contributed by atoms with van der Waals surface area (Å²) in [6.07, 6.45) is 0.642. The molecule has 17 heavy (non-hydrogen) atoms. The van der Waals surface area contributed by atoms with E-state index < -0.39 is 9.84 Å². The molecule has 0 spiro atoms. The van der Waals surface area contributed by atoms with Crippen molar-refractivity contribution >= 4 is 21.6 Å². The third kappa shape index (κ3) is 2.80. The average Bonchev–Trinajstić information content (AvgIpc) is 2.79. The molecule has 2 rings (SSSR count). The molecule has 1 aromatic heterocycles. The third-order valence-corrected chi connectivity index (χ3v) is 5.51. The lowest BCUT2D eigenvalue weighted by Gasteiger charge is -2.07. The minimum atomic E-state index is -2.88. The Morgan fingerprint density at radius 1 is 1.53 bits per heavy atom. The normalized spacial score (nSPS) is 23.1. The van der Waals surface area contributed by atoms with E-state index in [-0.39, 0.29) is 17.4 Å². The Balaban J connectivity index is 2.15. The van der Waals surface area contributed by atoms with Gasteiger partial charge in [0.2, 0.25) is 0 Å². The zero-order valence-corrected chi connectivity index (χ0v) is 11.4. The van der Waals surface area contributed by atoms with Gasteiger partial charge in [0, 0.05) is 20.1 Å². The summed E-state index contributed by atoms with van der Waals surface area (Å²) in [5.41, 5.74) is 0. The fourth-order valence-electron chi connectivity index (χ4n) is 1.92. The molecule has 1 atom stereocenters. The van der Waals surface area contributed by atoms with Crippen LogP contribution in [-0.4, -0.2) is 47.7 Å². The number of sulfone groups is 1. The van der Waals surface area contributed by atoms with Crippen LogP contribution in [0.4, 0.5) is 0 Å². The second kappa shape index (κ2) is 4.95. The van der Waals surface area contributed by atoms with Gasteiger partial charge >= 0.3 is 0 Å². The van der Waals surface area contributed by atoms with Gasteiger partial charge in [0.15, 0.2) is 15.0 Å². The fraction of sp³-hybridized carbons (Fsp3) is 0.778. The Bertz CT molecular complexity index is 498.